The molecule has 0 aliphatic heterocycles. The minimum Gasteiger partial charge on any atom is -0.376 e. The lowest BCUT2D eigenvalue weighted by Gasteiger charge is -2.29. The first-order chi connectivity index (χ1) is 7.54. The Morgan fingerprint density at radius 2 is 2.12 bits per heavy atom. The number of hydrogen-bond donors (Lipinski definition) is 1. The normalized spacial score (nSPS) is 13.8. The van der Waals surface area contributed by atoms with E-state index in [2.05, 4.69) is 25.8 Å². The highest BCUT2D eigenvalue weighted by atomic mass is 16.5. The fourth-order valence-electron chi connectivity index (χ4n) is 1.52. The predicted octanol–water partition coefficient (Wildman–Crippen LogP) is 2.01. The third kappa shape index (κ3) is 4.29. The summed E-state index contributed by atoms with van der Waals surface area (Å²) in [5.74, 6) is 0. The molecule has 1 rings (SSSR count). The minimum absolute atomic E-state index is 0.0961. The molecule has 1 aromatic rings. The largest absolute Gasteiger partial charge is 0.376 e. The number of nitrogens with two attached hydrogens (primary N) is 1. The van der Waals surface area contributed by atoms with E-state index in [-0.39, 0.29) is 11.5 Å². The molecule has 16 heavy (non-hydrogen) atoms. The number of pyridine rings is 1. The van der Waals surface area contributed by atoms with Gasteiger partial charge >= 0.3 is 0 Å². The molecule has 0 saturated heterocycles. The van der Waals surface area contributed by atoms with Gasteiger partial charge in [0.1, 0.15) is 0 Å². The topological polar surface area (TPSA) is 48.1 Å². The molecule has 1 heterocycles. The van der Waals surface area contributed by atoms with Crippen molar-refractivity contribution in [2.24, 2.45) is 11.1 Å². The van der Waals surface area contributed by atoms with Crippen LogP contribution in [0.15, 0.2) is 24.4 Å². The molecule has 1 aromatic heterocycles. The van der Waals surface area contributed by atoms with Crippen molar-refractivity contribution < 1.29 is 4.74 Å². The number of ether oxygens (including phenoxy) is 1. The van der Waals surface area contributed by atoms with Crippen LogP contribution in [0.25, 0.3) is 0 Å². The molecule has 90 valence electrons. The van der Waals surface area contributed by atoms with E-state index in [4.69, 9.17) is 10.5 Å². The van der Waals surface area contributed by atoms with E-state index in [1.807, 2.05) is 18.2 Å². The molecule has 0 aromatic carbocycles. The van der Waals surface area contributed by atoms with Crippen LogP contribution < -0.4 is 5.73 Å². The van der Waals surface area contributed by atoms with Gasteiger partial charge in [-0.1, -0.05) is 26.8 Å². The molecule has 2 N–H and O–H groups in total. The summed E-state index contributed by atoms with van der Waals surface area (Å²) in [6.45, 7) is 7.67. The summed E-state index contributed by atoms with van der Waals surface area (Å²) in [4.78, 5) is 4.25. The molecular weight excluding hydrogens is 200 g/mol. The molecule has 0 fully saturated rings. The average Bonchev–Trinajstić information content (AvgIpc) is 2.24. The second-order valence-corrected chi connectivity index (χ2v) is 5.03. The Labute approximate surface area is 98.0 Å². The first-order valence-electron chi connectivity index (χ1n) is 5.75. The second-order valence-electron chi connectivity index (χ2n) is 5.03. The highest BCUT2D eigenvalue weighted by Gasteiger charge is 2.23. The maximum atomic E-state index is 5.79. The number of aromatic nitrogens is 1. The van der Waals surface area contributed by atoms with Crippen molar-refractivity contribution in [2.45, 2.75) is 33.3 Å². The molecule has 1 atom stereocenters. The van der Waals surface area contributed by atoms with Crippen molar-refractivity contribution in [2.75, 3.05) is 13.2 Å². The van der Waals surface area contributed by atoms with Gasteiger partial charge < -0.3 is 10.5 Å². The first kappa shape index (κ1) is 13.1. The third-order valence-corrected chi connectivity index (χ3v) is 2.58. The summed E-state index contributed by atoms with van der Waals surface area (Å²) in [5.41, 5.74) is 6.86. The fraction of sp³-hybridized carbons (Fsp3) is 0.615. The van der Waals surface area contributed by atoms with E-state index < -0.39 is 0 Å². The highest BCUT2D eigenvalue weighted by Crippen LogP contribution is 2.21. The molecule has 3 nitrogen and oxygen atoms in total. The van der Waals surface area contributed by atoms with Gasteiger partial charge in [0.2, 0.25) is 0 Å². The molecule has 0 amide bonds. The molecular formula is C13H22N2O. The third-order valence-electron chi connectivity index (χ3n) is 2.58. The molecule has 0 radical (unpaired) electrons. The number of rotatable bonds is 5. The standard InChI is InChI=1S/C13H22N2O/c1-13(2,3)12(10-14)16-9-7-11-6-4-5-8-15-11/h4-6,8,12H,7,9-10,14H2,1-3H3. The average molecular weight is 222 g/mol. The minimum atomic E-state index is 0.0961. The van der Waals surface area contributed by atoms with Crippen LogP contribution in [0.5, 0.6) is 0 Å². The van der Waals surface area contributed by atoms with Crippen LogP contribution in [0.1, 0.15) is 26.5 Å². The first-order valence-corrected chi connectivity index (χ1v) is 5.75. The van der Waals surface area contributed by atoms with Gasteiger partial charge in [0.05, 0.1) is 12.7 Å². The van der Waals surface area contributed by atoms with E-state index in [0.717, 1.165) is 12.1 Å². The van der Waals surface area contributed by atoms with Crippen LogP contribution in [-0.2, 0) is 11.2 Å². The van der Waals surface area contributed by atoms with Crippen molar-refractivity contribution >= 4 is 0 Å². The summed E-state index contributed by atoms with van der Waals surface area (Å²) in [6.07, 6.45) is 2.75. The van der Waals surface area contributed by atoms with Crippen LogP contribution in [0, 0.1) is 5.41 Å². The Bertz CT molecular complexity index is 293. The summed E-state index contributed by atoms with van der Waals surface area (Å²) in [6, 6.07) is 5.92. The smallest absolute Gasteiger partial charge is 0.0745 e. The Hall–Kier alpha value is -0.930. The van der Waals surface area contributed by atoms with E-state index in [1.165, 1.54) is 0 Å². The Balaban J connectivity index is 2.35. The lowest BCUT2D eigenvalue weighted by molar-refractivity contribution is -0.00996. The maximum Gasteiger partial charge on any atom is 0.0745 e. The zero-order chi connectivity index (χ0) is 12.0. The monoisotopic (exact) mass is 222 g/mol. The zero-order valence-electron chi connectivity index (χ0n) is 10.4. The molecule has 0 spiro atoms. The number of hydrogen-bond acceptors (Lipinski definition) is 3. The Kier molecular flexibility index (Phi) is 4.90. The predicted molar refractivity (Wildman–Crippen MR) is 66.2 cm³/mol. The van der Waals surface area contributed by atoms with Gasteiger partial charge in [0.15, 0.2) is 0 Å². The van der Waals surface area contributed by atoms with Gasteiger partial charge in [-0.15, -0.1) is 0 Å². The van der Waals surface area contributed by atoms with Crippen molar-refractivity contribution in [3.05, 3.63) is 30.1 Å². The molecule has 0 saturated carbocycles. The van der Waals surface area contributed by atoms with Crippen molar-refractivity contribution in [1.82, 2.24) is 4.98 Å². The van der Waals surface area contributed by atoms with E-state index in [9.17, 15) is 0 Å². The summed E-state index contributed by atoms with van der Waals surface area (Å²) in [5, 5.41) is 0. The zero-order valence-corrected chi connectivity index (χ0v) is 10.4. The molecule has 0 aliphatic rings. The van der Waals surface area contributed by atoms with Crippen LogP contribution >= 0.6 is 0 Å². The van der Waals surface area contributed by atoms with E-state index >= 15 is 0 Å². The fourth-order valence-corrected chi connectivity index (χ4v) is 1.52. The lowest BCUT2D eigenvalue weighted by atomic mass is 9.89. The molecule has 3 heteroatoms. The quantitative estimate of drug-likeness (QED) is 0.829. The van der Waals surface area contributed by atoms with Crippen LogP contribution in [0.3, 0.4) is 0 Å². The van der Waals surface area contributed by atoms with Gasteiger partial charge in [0.25, 0.3) is 0 Å². The van der Waals surface area contributed by atoms with Gasteiger partial charge in [-0.2, -0.15) is 0 Å². The maximum absolute atomic E-state index is 5.79. The van der Waals surface area contributed by atoms with Gasteiger partial charge in [-0.25, -0.2) is 0 Å². The SMILES string of the molecule is CC(C)(C)C(CN)OCCc1ccccn1. The van der Waals surface area contributed by atoms with Gasteiger partial charge in [-0.05, 0) is 17.5 Å². The van der Waals surface area contributed by atoms with Crippen molar-refractivity contribution in [1.29, 1.82) is 0 Å². The van der Waals surface area contributed by atoms with Crippen LogP contribution in [0.2, 0.25) is 0 Å². The summed E-state index contributed by atoms with van der Waals surface area (Å²) >= 11 is 0. The molecule has 0 bridgehead atoms. The number of nitrogens with zero attached hydrogens (tertiary/aromatic N) is 1. The summed E-state index contributed by atoms with van der Waals surface area (Å²) in [7, 11) is 0. The van der Waals surface area contributed by atoms with Crippen molar-refractivity contribution in [3.63, 3.8) is 0 Å². The van der Waals surface area contributed by atoms with E-state index in [1.54, 1.807) is 6.20 Å². The Morgan fingerprint density at radius 3 is 2.62 bits per heavy atom. The van der Waals surface area contributed by atoms with Gasteiger partial charge in [-0.3, -0.25) is 4.98 Å². The van der Waals surface area contributed by atoms with Crippen molar-refractivity contribution in [3.8, 4) is 0 Å². The lowest BCUT2D eigenvalue weighted by Crippen LogP contribution is -2.36. The highest BCUT2D eigenvalue weighted by molar-refractivity contribution is 5.03. The van der Waals surface area contributed by atoms with Crippen LogP contribution in [0.4, 0.5) is 0 Å². The van der Waals surface area contributed by atoms with E-state index in [0.29, 0.717) is 13.2 Å². The molecule has 0 aliphatic carbocycles. The van der Waals surface area contributed by atoms with Gasteiger partial charge in [0, 0.05) is 24.9 Å². The summed E-state index contributed by atoms with van der Waals surface area (Å²) < 4.78 is 5.79. The second kappa shape index (κ2) is 5.97. The van der Waals surface area contributed by atoms with Crippen LogP contribution in [-0.4, -0.2) is 24.2 Å². The molecule has 1 unspecified atom stereocenters. The Morgan fingerprint density at radius 1 is 1.38 bits per heavy atom.